The molecule has 0 aliphatic rings. The highest BCUT2D eigenvalue weighted by Gasteiger charge is 2.20. The normalized spacial score (nSPS) is 11.8. The van der Waals surface area contributed by atoms with Gasteiger partial charge in [-0.25, -0.2) is 0 Å². The molecule has 0 atom stereocenters. The lowest BCUT2D eigenvalue weighted by atomic mass is 9.94. The lowest BCUT2D eigenvalue weighted by Gasteiger charge is -2.28. The van der Waals surface area contributed by atoms with Crippen molar-refractivity contribution in [2.45, 2.75) is 0 Å². The topological polar surface area (TPSA) is 16.4 Å². The van der Waals surface area contributed by atoms with Gasteiger partial charge in [0, 0.05) is 33.6 Å². The van der Waals surface area contributed by atoms with Crippen molar-refractivity contribution in [2.24, 2.45) is 0 Å². The molecule has 2 heteroatoms. The van der Waals surface area contributed by atoms with E-state index in [1.54, 1.807) is 0 Å². The van der Waals surface area contributed by atoms with E-state index in [2.05, 4.69) is 169 Å². The van der Waals surface area contributed by atoms with Gasteiger partial charge in [0.2, 0.25) is 0 Å². The first-order valence-corrected chi connectivity index (χ1v) is 16.4. The molecule has 9 aromatic carbocycles. The Labute approximate surface area is 277 Å². The summed E-state index contributed by atoms with van der Waals surface area (Å²) in [7, 11) is 0. The fourth-order valence-corrected chi connectivity index (χ4v) is 7.59. The predicted molar refractivity (Wildman–Crippen MR) is 204 cm³/mol. The summed E-state index contributed by atoms with van der Waals surface area (Å²) < 4.78 is 6.41. The molecule has 0 spiro atoms. The molecular weight excluding hydrogens is 583 g/mol. The van der Waals surface area contributed by atoms with Gasteiger partial charge in [-0.1, -0.05) is 133 Å². The molecule has 0 unspecified atom stereocenters. The van der Waals surface area contributed by atoms with Gasteiger partial charge in [0.15, 0.2) is 0 Å². The number of nitrogens with zero attached hydrogens (tertiary/aromatic N) is 1. The number of anilines is 3. The SMILES string of the molecule is c1ccc2c(-c3ccc(N(c4ccc5c(c4)oc4ccccc45)c4cc5ccc6ccccc6c5c5ccccc45)cc3)cccc2c1. The maximum absolute atomic E-state index is 6.41. The lowest BCUT2D eigenvalue weighted by molar-refractivity contribution is 0.669. The predicted octanol–water partition coefficient (Wildman–Crippen LogP) is 13.3. The van der Waals surface area contributed by atoms with E-state index in [1.165, 1.54) is 54.2 Å². The van der Waals surface area contributed by atoms with E-state index >= 15 is 0 Å². The Balaban J connectivity index is 1.22. The van der Waals surface area contributed by atoms with Gasteiger partial charge in [-0.3, -0.25) is 0 Å². The molecule has 224 valence electrons. The minimum atomic E-state index is 0.877. The van der Waals surface area contributed by atoms with Crippen LogP contribution in [0.1, 0.15) is 0 Å². The maximum Gasteiger partial charge on any atom is 0.137 e. The van der Waals surface area contributed by atoms with Crippen molar-refractivity contribution < 1.29 is 4.42 Å². The standard InChI is InChI=1S/C46H29NO/c1-3-13-36-30(10-1)12-9-18-37(36)32-22-24-34(25-23-32)47(35-26-27-41-40-16-7-8-19-44(40)48-45(41)29-35)43-28-33-21-20-31-11-2-4-14-38(31)46(33)42-17-6-5-15-39(42)43/h1-29H. The maximum atomic E-state index is 6.41. The zero-order chi connectivity index (χ0) is 31.6. The quantitative estimate of drug-likeness (QED) is 0.184. The van der Waals surface area contributed by atoms with Gasteiger partial charge in [-0.15, -0.1) is 0 Å². The summed E-state index contributed by atoms with van der Waals surface area (Å²) in [5.74, 6) is 0. The summed E-state index contributed by atoms with van der Waals surface area (Å²) in [6.07, 6.45) is 0. The Morgan fingerprint density at radius 2 is 0.958 bits per heavy atom. The Bertz CT molecular complexity index is 2840. The van der Waals surface area contributed by atoms with E-state index in [4.69, 9.17) is 4.42 Å². The van der Waals surface area contributed by atoms with Crippen molar-refractivity contribution in [2.75, 3.05) is 4.90 Å². The van der Waals surface area contributed by atoms with Gasteiger partial charge in [-0.05, 0) is 85.2 Å². The molecule has 2 nitrogen and oxygen atoms in total. The molecule has 0 saturated heterocycles. The fourth-order valence-electron chi connectivity index (χ4n) is 7.59. The highest BCUT2D eigenvalue weighted by Crippen LogP contribution is 2.45. The zero-order valence-corrected chi connectivity index (χ0v) is 26.1. The zero-order valence-electron chi connectivity index (χ0n) is 26.1. The summed E-state index contributed by atoms with van der Waals surface area (Å²) >= 11 is 0. The highest BCUT2D eigenvalue weighted by atomic mass is 16.3. The lowest BCUT2D eigenvalue weighted by Crippen LogP contribution is -2.10. The molecule has 0 radical (unpaired) electrons. The third-order valence-electron chi connectivity index (χ3n) is 9.81. The van der Waals surface area contributed by atoms with E-state index in [-0.39, 0.29) is 0 Å². The van der Waals surface area contributed by atoms with Crippen LogP contribution in [0, 0.1) is 0 Å². The Hall–Kier alpha value is -6.38. The monoisotopic (exact) mass is 611 g/mol. The van der Waals surface area contributed by atoms with E-state index in [0.29, 0.717) is 0 Å². The van der Waals surface area contributed by atoms with Gasteiger partial charge in [0.05, 0.1) is 5.69 Å². The van der Waals surface area contributed by atoms with Crippen LogP contribution in [-0.2, 0) is 0 Å². The number of para-hydroxylation sites is 1. The second kappa shape index (κ2) is 10.6. The summed E-state index contributed by atoms with van der Waals surface area (Å²) in [5.41, 5.74) is 7.46. The summed E-state index contributed by atoms with van der Waals surface area (Å²) in [5, 5.41) is 12.2. The van der Waals surface area contributed by atoms with Crippen LogP contribution in [0.5, 0.6) is 0 Å². The number of furan rings is 1. The minimum absolute atomic E-state index is 0.877. The van der Waals surface area contributed by atoms with Gasteiger partial charge in [0.1, 0.15) is 11.2 Å². The molecule has 0 amide bonds. The van der Waals surface area contributed by atoms with Gasteiger partial charge >= 0.3 is 0 Å². The van der Waals surface area contributed by atoms with Crippen molar-refractivity contribution in [1.82, 2.24) is 0 Å². The largest absolute Gasteiger partial charge is 0.456 e. The van der Waals surface area contributed by atoms with Crippen molar-refractivity contribution in [3.05, 3.63) is 176 Å². The summed E-state index contributed by atoms with van der Waals surface area (Å²) in [6.45, 7) is 0. The van der Waals surface area contributed by atoms with Crippen molar-refractivity contribution in [3.63, 3.8) is 0 Å². The molecule has 0 N–H and O–H groups in total. The van der Waals surface area contributed by atoms with E-state index in [0.717, 1.165) is 39.0 Å². The van der Waals surface area contributed by atoms with Crippen LogP contribution in [0.25, 0.3) is 76.2 Å². The first-order chi connectivity index (χ1) is 23.8. The van der Waals surface area contributed by atoms with E-state index in [1.807, 2.05) is 12.1 Å². The highest BCUT2D eigenvalue weighted by molar-refractivity contribution is 6.23. The minimum Gasteiger partial charge on any atom is -0.456 e. The molecule has 10 rings (SSSR count). The summed E-state index contributed by atoms with van der Waals surface area (Å²) in [4.78, 5) is 2.39. The number of hydrogen-bond donors (Lipinski definition) is 0. The van der Waals surface area contributed by atoms with E-state index in [9.17, 15) is 0 Å². The number of rotatable bonds is 4. The Morgan fingerprint density at radius 1 is 0.354 bits per heavy atom. The van der Waals surface area contributed by atoms with E-state index < -0.39 is 0 Å². The average molecular weight is 612 g/mol. The molecule has 10 aromatic rings. The van der Waals surface area contributed by atoms with Gasteiger partial charge in [0.25, 0.3) is 0 Å². The van der Waals surface area contributed by atoms with Gasteiger partial charge < -0.3 is 9.32 Å². The smallest absolute Gasteiger partial charge is 0.137 e. The third kappa shape index (κ3) is 4.13. The first kappa shape index (κ1) is 26.8. The molecule has 1 heterocycles. The molecule has 0 aliphatic heterocycles. The Morgan fingerprint density at radius 3 is 1.79 bits per heavy atom. The second-order valence-corrected chi connectivity index (χ2v) is 12.5. The van der Waals surface area contributed by atoms with Crippen molar-refractivity contribution in [3.8, 4) is 11.1 Å². The van der Waals surface area contributed by atoms with Crippen molar-refractivity contribution in [1.29, 1.82) is 0 Å². The molecule has 1 aromatic heterocycles. The molecule has 48 heavy (non-hydrogen) atoms. The number of hydrogen-bond acceptors (Lipinski definition) is 2. The first-order valence-electron chi connectivity index (χ1n) is 16.4. The molecular formula is C46H29NO. The molecule has 0 fully saturated rings. The number of fused-ring (bicyclic) bond motifs is 9. The summed E-state index contributed by atoms with van der Waals surface area (Å²) in [6, 6.07) is 63.4. The van der Waals surface area contributed by atoms with Gasteiger partial charge in [-0.2, -0.15) is 0 Å². The van der Waals surface area contributed by atoms with Crippen LogP contribution in [0.3, 0.4) is 0 Å². The van der Waals surface area contributed by atoms with Crippen molar-refractivity contribution >= 4 is 82.1 Å². The van der Waals surface area contributed by atoms with Crippen LogP contribution < -0.4 is 4.90 Å². The fraction of sp³-hybridized carbons (Fsp3) is 0. The Kier molecular flexibility index (Phi) is 5.91. The molecule has 0 aliphatic carbocycles. The van der Waals surface area contributed by atoms with Crippen LogP contribution in [-0.4, -0.2) is 0 Å². The third-order valence-corrected chi connectivity index (χ3v) is 9.81. The second-order valence-electron chi connectivity index (χ2n) is 12.5. The van der Waals surface area contributed by atoms with Crippen LogP contribution in [0.2, 0.25) is 0 Å². The van der Waals surface area contributed by atoms with Crippen LogP contribution in [0.15, 0.2) is 180 Å². The van der Waals surface area contributed by atoms with Crippen LogP contribution in [0.4, 0.5) is 17.1 Å². The molecule has 0 saturated carbocycles. The molecule has 0 bridgehead atoms. The average Bonchev–Trinajstić information content (AvgIpc) is 3.53. The van der Waals surface area contributed by atoms with Crippen LogP contribution >= 0.6 is 0 Å². The number of benzene rings is 9.